The van der Waals surface area contributed by atoms with E-state index in [2.05, 4.69) is 5.32 Å². The Bertz CT molecular complexity index is 330. The van der Waals surface area contributed by atoms with Gasteiger partial charge in [0.05, 0.1) is 6.10 Å². The molecule has 3 heteroatoms. The maximum absolute atomic E-state index is 11.6. The van der Waals surface area contributed by atoms with Gasteiger partial charge in [-0.3, -0.25) is 4.79 Å². The number of amides is 1. The second-order valence-electron chi connectivity index (χ2n) is 3.95. The van der Waals surface area contributed by atoms with Crippen LogP contribution in [0.4, 0.5) is 0 Å². The molecular weight excluding hydrogens is 202 g/mol. The summed E-state index contributed by atoms with van der Waals surface area (Å²) < 4.78 is 5.50. The van der Waals surface area contributed by atoms with Crippen LogP contribution in [0.25, 0.3) is 0 Å². The van der Waals surface area contributed by atoms with Crippen LogP contribution in [0.5, 0.6) is 5.75 Å². The molecule has 1 aromatic carbocycles. The van der Waals surface area contributed by atoms with Gasteiger partial charge in [0.1, 0.15) is 5.75 Å². The summed E-state index contributed by atoms with van der Waals surface area (Å²) in [5.41, 5.74) is 0.671. The number of carbonyl (C=O) groups is 1. The van der Waals surface area contributed by atoms with Crippen molar-refractivity contribution in [3.63, 3.8) is 0 Å². The lowest BCUT2D eigenvalue weighted by Crippen LogP contribution is -2.23. The van der Waals surface area contributed by atoms with Gasteiger partial charge in [0.25, 0.3) is 5.91 Å². The van der Waals surface area contributed by atoms with Gasteiger partial charge in [0, 0.05) is 12.1 Å². The summed E-state index contributed by atoms with van der Waals surface area (Å²) in [5.74, 6) is 0.764. The number of ether oxygens (including phenoxy) is 1. The molecule has 1 N–H and O–H groups in total. The minimum absolute atomic E-state index is 0.0297. The molecule has 16 heavy (non-hydrogen) atoms. The van der Waals surface area contributed by atoms with Gasteiger partial charge < -0.3 is 10.1 Å². The Morgan fingerprint density at radius 1 is 1.31 bits per heavy atom. The normalized spacial score (nSPS) is 10.2. The minimum atomic E-state index is -0.0297. The van der Waals surface area contributed by atoms with Crippen LogP contribution in [0.2, 0.25) is 0 Å². The maximum atomic E-state index is 11.6. The van der Waals surface area contributed by atoms with Crippen molar-refractivity contribution in [2.75, 3.05) is 6.54 Å². The molecular formula is C13H19NO2. The maximum Gasteiger partial charge on any atom is 0.251 e. The van der Waals surface area contributed by atoms with E-state index in [9.17, 15) is 4.79 Å². The molecule has 1 aromatic rings. The highest BCUT2D eigenvalue weighted by molar-refractivity contribution is 5.94. The molecule has 0 bridgehead atoms. The van der Waals surface area contributed by atoms with Crippen LogP contribution in [0.3, 0.4) is 0 Å². The zero-order valence-corrected chi connectivity index (χ0v) is 10.1. The summed E-state index contributed by atoms with van der Waals surface area (Å²) in [6.07, 6.45) is 1.10. The van der Waals surface area contributed by atoms with Crippen LogP contribution in [-0.2, 0) is 0 Å². The van der Waals surface area contributed by atoms with Gasteiger partial charge in [0.15, 0.2) is 0 Å². The van der Waals surface area contributed by atoms with Crippen LogP contribution in [0.15, 0.2) is 24.3 Å². The summed E-state index contributed by atoms with van der Waals surface area (Å²) in [6.45, 7) is 6.69. The van der Waals surface area contributed by atoms with E-state index in [1.54, 1.807) is 12.1 Å². The molecule has 0 aliphatic heterocycles. The van der Waals surface area contributed by atoms with Crippen LogP contribution >= 0.6 is 0 Å². The van der Waals surface area contributed by atoms with E-state index < -0.39 is 0 Å². The third-order valence-electron chi connectivity index (χ3n) is 2.02. The Hall–Kier alpha value is -1.51. The molecule has 0 aliphatic rings. The lowest BCUT2D eigenvalue weighted by atomic mass is 10.2. The smallest absolute Gasteiger partial charge is 0.251 e. The highest BCUT2D eigenvalue weighted by Gasteiger charge is 2.04. The number of nitrogens with one attached hydrogen (secondary N) is 1. The van der Waals surface area contributed by atoms with Crippen LogP contribution < -0.4 is 10.1 Å². The van der Waals surface area contributed by atoms with E-state index in [1.807, 2.05) is 32.9 Å². The number of hydrogen-bond acceptors (Lipinski definition) is 2. The van der Waals surface area contributed by atoms with Crippen molar-refractivity contribution in [2.24, 2.45) is 0 Å². The first-order valence-corrected chi connectivity index (χ1v) is 5.68. The molecule has 0 saturated carbocycles. The second-order valence-corrected chi connectivity index (χ2v) is 3.95. The molecule has 3 nitrogen and oxygen atoms in total. The van der Waals surface area contributed by atoms with Gasteiger partial charge in [-0.15, -0.1) is 0 Å². The van der Waals surface area contributed by atoms with Crippen LogP contribution in [0.1, 0.15) is 37.6 Å². The molecule has 1 amide bonds. The van der Waals surface area contributed by atoms with Crippen LogP contribution in [-0.4, -0.2) is 18.6 Å². The zero-order chi connectivity index (χ0) is 12.0. The van der Waals surface area contributed by atoms with Gasteiger partial charge >= 0.3 is 0 Å². The lowest BCUT2D eigenvalue weighted by Gasteiger charge is -2.10. The van der Waals surface area contributed by atoms with E-state index in [4.69, 9.17) is 4.74 Å². The molecule has 0 heterocycles. The molecule has 0 fully saturated rings. The standard InChI is InChI=1S/C13H19NO2/c1-4-9-14-13(15)11-5-7-12(8-6-11)16-10(2)3/h5-8,10H,4,9H2,1-3H3,(H,14,15). The average Bonchev–Trinajstić information content (AvgIpc) is 2.26. The third-order valence-corrected chi connectivity index (χ3v) is 2.02. The van der Waals surface area contributed by atoms with Crippen molar-refractivity contribution in [3.05, 3.63) is 29.8 Å². The van der Waals surface area contributed by atoms with Crippen LogP contribution in [0, 0.1) is 0 Å². The molecule has 0 aromatic heterocycles. The predicted octanol–water partition coefficient (Wildman–Crippen LogP) is 2.61. The first kappa shape index (κ1) is 12.6. The molecule has 0 saturated heterocycles. The number of carbonyl (C=O) groups excluding carboxylic acids is 1. The fourth-order valence-electron chi connectivity index (χ4n) is 1.30. The zero-order valence-electron chi connectivity index (χ0n) is 10.1. The van der Waals surface area contributed by atoms with E-state index in [0.717, 1.165) is 12.2 Å². The van der Waals surface area contributed by atoms with Crippen molar-refractivity contribution < 1.29 is 9.53 Å². The number of rotatable bonds is 5. The highest BCUT2D eigenvalue weighted by Crippen LogP contribution is 2.13. The van der Waals surface area contributed by atoms with Crippen molar-refractivity contribution in [3.8, 4) is 5.75 Å². The number of hydrogen-bond donors (Lipinski definition) is 1. The molecule has 0 atom stereocenters. The summed E-state index contributed by atoms with van der Waals surface area (Å²) in [5, 5.41) is 2.83. The molecule has 1 rings (SSSR count). The van der Waals surface area contributed by atoms with E-state index in [1.165, 1.54) is 0 Å². The molecule has 0 radical (unpaired) electrons. The minimum Gasteiger partial charge on any atom is -0.491 e. The van der Waals surface area contributed by atoms with Gasteiger partial charge in [-0.1, -0.05) is 6.92 Å². The van der Waals surface area contributed by atoms with Gasteiger partial charge in [-0.2, -0.15) is 0 Å². The van der Waals surface area contributed by atoms with Gasteiger partial charge in [0.2, 0.25) is 0 Å². The van der Waals surface area contributed by atoms with Crippen molar-refractivity contribution in [1.29, 1.82) is 0 Å². The molecule has 0 unspecified atom stereocenters. The van der Waals surface area contributed by atoms with E-state index >= 15 is 0 Å². The molecule has 0 aliphatic carbocycles. The third kappa shape index (κ3) is 3.93. The van der Waals surface area contributed by atoms with Crippen molar-refractivity contribution in [2.45, 2.75) is 33.3 Å². The van der Waals surface area contributed by atoms with Gasteiger partial charge in [-0.05, 0) is 44.5 Å². The summed E-state index contributed by atoms with van der Waals surface area (Å²) in [7, 11) is 0. The largest absolute Gasteiger partial charge is 0.491 e. The fraction of sp³-hybridized carbons (Fsp3) is 0.462. The lowest BCUT2D eigenvalue weighted by molar-refractivity contribution is 0.0953. The Kier molecular flexibility index (Phi) is 4.83. The van der Waals surface area contributed by atoms with Gasteiger partial charge in [-0.25, -0.2) is 0 Å². The summed E-state index contributed by atoms with van der Waals surface area (Å²) in [6, 6.07) is 7.20. The van der Waals surface area contributed by atoms with Crippen molar-refractivity contribution in [1.82, 2.24) is 5.32 Å². The first-order chi connectivity index (χ1) is 7.63. The first-order valence-electron chi connectivity index (χ1n) is 5.68. The quantitative estimate of drug-likeness (QED) is 0.830. The topological polar surface area (TPSA) is 38.3 Å². The highest BCUT2D eigenvalue weighted by atomic mass is 16.5. The molecule has 0 spiro atoms. The number of benzene rings is 1. The Morgan fingerprint density at radius 2 is 1.94 bits per heavy atom. The Morgan fingerprint density at radius 3 is 2.44 bits per heavy atom. The van der Waals surface area contributed by atoms with E-state index in [-0.39, 0.29) is 12.0 Å². The van der Waals surface area contributed by atoms with Crippen molar-refractivity contribution >= 4 is 5.91 Å². The predicted molar refractivity (Wildman–Crippen MR) is 64.8 cm³/mol. The fourth-order valence-corrected chi connectivity index (χ4v) is 1.30. The second kappa shape index (κ2) is 6.16. The average molecular weight is 221 g/mol. The van der Waals surface area contributed by atoms with E-state index in [0.29, 0.717) is 12.1 Å². The monoisotopic (exact) mass is 221 g/mol. The Balaban J connectivity index is 2.60. The Labute approximate surface area is 96.8 Å². The SMILES string of the molecule is CCCNC(=O)c1ccc(OC(C)C)cc1. The summed E-state index contributed by atoms with van der Waals surface area (Å²) >= 11 is 0. The summed E-state index contributed by atoms with van der Waals surface area (Å²) in [4.78, 5) is 11.6. The molecule has 88 valence electrons.